The van der Waals surface area contributed by atoms with E-state index in [9.17, 15) is 9.59 Å². The third-order valence-electron chi connectivity index (χ3n) is 5.32. The second-order valence-corrected chi connectivity index (χ2v) is 7.47. The first-order chi connectivity index (χ1) is 14.1. The lowest BCUT2D eigenvalue weighted by molar-refractivity contribution is -0.124. The molecule has 1 aromatic heterocycles. The number of aryl methyl sites for hydroxylation is 1. The first kappa shape index (κ1) is 19.5. The maximum atomic E-state index is 12.7. The van der Waals surface area contributed by atoms with E-state index in [1.165, 1.54) is 0 Å². The molecule has 2 aliphatic rings. The van der Waals surface area contributed by atoms with Gasteiger partial charge in [-0.15, -0.1) is 0 Å². The van der Waals surface area contributed by atoms with Gasteiger partial charge in [0, 0.05) is 30.8 Å². The number of rotatable bonds is 5. The lowest BCUT2D eigenvalue weighted by Crippen LogP contribution is -2.27. The second-order valence-electron chi connectivity index (χ2n) is 7.47. The summed E-state index contributed by atoms with van der Waals surface area (Å²) in [6, 6.07) is 6.83. The van der Waals surface area contributed by atoms with Crippen LogP contribution in [0.2, 0.25) is 0 Å². The molecular weight excluding hydrogens is 372 g/mol. The van der Waals surface area contributed by atoms with Crippen LogP contribution in [0.25, 0.3) is 0 Å². The average molecular weight is 398 g/mol. The molecule has 0 spiro atoms. The van der Waals surface area contributed by atoms with Gasteiger partial charge in [0.1, 0.15) is 6.10 Å². The smallest absolute Gasteiger partial charge is 0.258 e. The van der Waals surface area contributed by atoms with Gasteiger partial charge < -0.3 is 15.4 Å². The molecule has 9 heteroatoms. The molecule has 3 N–H and O–H groups in total. The summed E-state index contributed by atoms with van der Waals surface area (Å²) in [6.07, 6.45) is 3.17. The fraction of sp³-hybridized carbons (Fsp3) is 0.500. The van der Waals surface area contributed by atoms with Crippen LogP contribution in [0.15, 0.2) is 24.3 Å². The fourth-order valence-electron chi connectivity index (χ4n) is 3.69. The second kappa shape index (κ2) is 8.71. The van der Waals surface area contributed by atoms with Crippen LogP contribution in [0.5, 0.6) is 0 Å². The lowest BCUT2D eigenvalue weighted by Gasteiger charge is -2.19. The summed E-state index contributed by atoms with van der Waals surface area (Å²) in [5.41, 5.74) is 0.994. The summed E-state index contributed by atoms with van der Waals surface area (Å²) >= 11 is 0. The number of nitrogens with one attached hydrogen (secondary N) is 3. The van der Waals surface area contributed by atoms with E-state index in [0.29, 0.717) is 29.7 Å². The summed E-state index contributed by atoms with van der Waals surface area (Å²) in [6.45, 7) is 2.52. The first-order valence-electron chi connectivity index (χ1n) is 10.1. The minimum Gasteiger partial charge on any atom is -0.368 e. The third kappa shape index (κ3) is 4.63. The van der Waals surface area contributed by atoms with E-state index in [1.54, 1.807) is 36.0 Å². The summed E-state index contributed by atoms with van der Waals surface area (Å²) in [4.78, 5) is 29.5. The van der Waals surface area contributed by atoms with E-state index in [2.05, 4.69) is 26.0 Å². The zero-order valence-corrected chi connectivity index (χ0v) is 16.5. The Morgan fingerprint density at radius 3 is 2.79 bits per heavy atom. The van der Waals surface area contributed by atoms with Gasteiger partial charge >= 0.3 is 0 Å². The molecule has 0 radical (unpaired) electrons. The number of anilines is 2. The quantitative estimate of drug-likeness (QED) is 0.706. The van der Waals surface area contributed by atoms with Crippen LogP contribution in [0, 0.1) is 0 Å². The van der Waals surface area contributed by atoms with Gasteiger partial charge in [0.05, 0.1) is 0 Å². The summed E-state index contributed by atoms with van der Waals surface area (Å²) < 4.78 is 6.99. The first-order valence-corrected chi connectivity index (χ1v) is 10.1. The van der Waals surface area contributed by atoms with Crippen molar-refractivity contribution in [3.8, 4) is 0 Å². The number of amides is 2. The van der Waals surface area contributed by atoms with Gasteiger partial charge in [0.25, 0.3) is 11.8 Å². The van der Waals surface area contributed by atoms with Crippen LogP contribution >= 0.6 is 0 Å². The van der Waals surface area contributed by atoms with Crippen LogP contribution in [0.4, 0.5) is 11.6 Å². The Labute approximate surface area is 169 Å². The topological polar surface area (TPSA) is 110 Å². The van der Waals surface area contributed by atoms with Gasteiger partial charge in [-0.1, -0.05) is 6.07 Å². The number of carbonyl (C=O) groups is 2. The van der Waals surface area contributed by atoms with Crippen molar-refractivity contribution in [3.63, 3.8) is 0 Å². The van der Waals surface area contributed by atoms with Gasteiger partial charge in [-0.2, -0.15) is 10.1 Å². The molecule has 1 aromatic carbocycles. The highest BCUT2D eigenvalue weighted by Gasteiger charge is 2.24. The molecule has 1 unspecified atom stereocenters. The summed E-state index contributed by atoms with van der Waals surface area (Å²) in [5.74, 6) is 1.01. The molecule has 1 atom stereocenters. The van der Waals surface area contributed by atoms with Gasteiger partial charge in [-0.05, 0) is 57.0 Å². The van der Waals surface area contributed by atoms with Crippen molar-refractivity contribution in [2.24, 2.45) is 7.05 Å². The number of ether oxygens (including phenoxy) is 1. The highest BCUT2D eigenvalue weighted by Crippen LogP contribution is 2.23. The third-order valence-corrected chi connectivity index (χ3v) is 5.32. The van der Waals surface area contributed by atoms with Crippen LogP contribution in [0.1, 0.15) is 47.8 Å². The van der Waals surface area contributed by atoms with Gasteiger partial charge in [0.2, 0.25) is 5.95 Å². The molecule has 4 rings (SSSR count). The lowest BCUT2D eigenvalue weighted by atomic mass is 9.98. The maximum Gasteiger partial charge on any atom is 0.258 e. The summed E-state index contributed by atoms with van der Waals surface area (Å²) in [5, 5.41) is 13.4. The molecular formula is C20H26N6O3. The van der Waals surface area contributed by atoms with Crippen molar-refractivity contribution < 1.29 is 14.3 Å². The average Bonchev–Trinajstić information content (AvgIpc) is 3.39. The normalized spacial score (nSPS) is 19.8. The number of nitrogens with zero attached hydrogens (tertiary/aromatic N) is 3. The van der Waals surface area contributed by atoms with Crippen LogP contribution in [-0.2, 0) is 16.6 Å². The molecule has 2 fully saturated rings. The molecule has 154 valence electrons. The van der Waals surface area contributed by atoms with Crippen LogP contribution in [0.3, 0.4) is 0 Å². The van der Waals surface area contributed by atoms with E-state index < -0.39 is 6.10 Å². The van der Waals surface area contributed by atoms with Crippen molar-refractivity contribution in [2.75, 3.05) is 30.3 Å². The standard InChI is InChI=1S/C20H26N6O3/c1-26-20(23-17(25-26)13-7-9-21-10-8-13)24-18(27)14-4-2-5-15(12-14)22-19(28)16-6-3-11-29-16/h2,4-5,12-13,16,21H,3,6-11H2,1H3,(H,22,28)(H,23,24,25,27). The molecule has 2 saturated heterocycles. The molecule has 2 aliphatic heterocycles. The van der Waals surface area contributed by atoms with Crippen LogP contribution in [-0.4, -0.2) is 52.4 Å². The highest BCUT2D eigenvalue weighted by atomic mass is 16.5. The van der Waals surface area contributed by atoms with Crippen molar-refractivity contribution >= 4 is 23.5 Å². The molecule has 9 nitrogen and oxygen atoms in total. The Bertz CT molecular complexity index is 884. The van der Waals surface area contributed by atoms with E-state index in [-0.39, 0.29) is 11.8 Å². The van der Waals surface area contributed by atoms with Crippen molar-refractivity contribution in [1.29, 1.82) is 0 Å². The predicted molar refractivity (Wildman–Crippen MR) is 108 cm³/mol. The number of carbonyl (C=O) groups excluding carboxylic acids is 2. The number of piperidine rings is 1. The Hall–Kier alpha value is -2.78. The van der Waals surface area contributed by atoms with E-state index in [4.69, 9.17) is 4.74 Å². The minimum absolute atomic E-state index is 0.181. The van der Waals surface area contributed by atoms with Crippen molar-refractivity contribution in [2.45, 2.75) is 37.7 Å². The zero-order chi connectivity index (χ0) is 20.2. The van der Waals surface area contributed by atoms with Crippen LogP contribution < -0.4 is 16.0 Å². The van der Waals surface area contributed by atoms with E-state index in [1.807, 2.05) is 0 Å². The van der Waals surface area contributed by atoms with E-state index in [0.717, 1.165) is 44.6 Å². The number of aromatic nitrogens is 3. The molecule has 3 heterocycles. The fourth-order valence-corrected chi connectivity index (χ4v) is 3.69. The number of benzene rings is 1. The Morgan fingerprint density at radius 2 is 2.03 bits per heavy atom. The summed E-state index contributed by atoms with van der Waals surface area (Å²) in [7, 11) is 1.77. The number of hydrogen-bond donors (Lipinski definition) is 3. The van der Waals surface area contributed by atoms with Gasteiger partial charge in [0.15, 0.2) is 5.82 Å². The van der Waals surface area contributed by atoms with Gasteiger partial charge in [-0.3, -0.25) is 14.9 Å². The molecule has 2 amide bonds. The molecule has 0 saturated carbocycles. The molecule has 0 aliphatic carbocycles. The highest BCUT2D eigenvalue weighted by molar-refractivity contribution is 6.04. The molecule has 29 heavy (non-hydrogen) atoms. The van der Waals surface area contributed by atoms with Gasteiger partial charge in [-0.25, -0.2) is 4.68 Å². The Morgan fingerprint density at radius 1 is 1.21 bits per heavy atom. The van der Waals surface area contributed by atoms with Crippen molar-refractivity contribution in [1.82, 2.24) is 20.1 Å². The van der Waals surface area contributed by atoms with E-state index >= 15 is 0 Å². The maximum absolute atomic E-state index is 12.7. The number of hydrogen-bond acceptors (Lipinski definition) is 6. The zero-order valence-electron chi connectivity index (χ0n) is 16.5. The Kier molecular flexibility index (Phi) is 5.86. The monoisotopic (exact) mass is 398 g/mol. The minimum atomic E-state index is -0.417. The largest absolute Gasteiger partial charge is 0.368 e. The Balaban J connectivity index is 1.42. The predicted octanol–water partition coefficient (Wildman–Crippen LogP) is 1.65. The SMILES string of the molecule is Cn1nc(C2CCNCC2)nc1NC(=O)c1cccc(NC(=O)C2CCCO2)c1. The molecule has 0 bridgehead atoms. The van der Waals surface area contributed by atoms with Crippen molar-refractivity contribution in [3.05, 3.63) is 35.7 Å². The molecule has 2 aromatic rings.